The van der Waals surface area contributed by atoms with E-state index in [1.54, 1.807) is 7.11 Å². The van der Waals surface area contributed by atoms with Gasteiger partial charge >= 0.3 is 0 Å². The van der Waals surface area contributed by atoms with Crippen LogP contribution in [0.25, 0.3) is 0 Å². The smallest absolute Gasteiger partial charge is 0.122 e. The third-order valence-corrected chi connectivity index (χ3v) is 4.88. The third-order valence-electron chi connectivity index (χ3n) is 4.88. The Morgan fingerprint density at radius 1 is 1.24 bits per heavy atom. The second kappa shape index (κ2) is 8.40. The van der Waals surface area contributed by atoms with E-state index in [4.69, 9.17) is 4.74 Å². The molecule has 0 aromatic heterocycles. The monoisotopic (exact) mass is 293 g/mol. The number of aliphatic hydroxyl groups excluding tert-OH is 1. The number of nitrogens with zero attached hydrogens (tertiary/aromatic N) is 1. The van der Waals surface area contributed by atoms with Gasteiger partial charge < -0.3 is 14.7 Å². The van der Waals surface area contributed by atoms with Crippen molar-refractivity contribution in [3.8, 4) is 5.75 Å². The summed E-state index contributed by atoms with van der Waals surface area (Å²) in [5, 5.41) is 9.73. The number of likely N-dealkylation sites (N-methyl/N-ethyl adjacent to an activating group) is 1. The molecule has 0 aliphatic rings. The Hall–Kier alpha value is -1.06. The second-order valence-electron chi connectivity index (χ2n) is 6.15. The Morgan fingerprint density at radius 2 is 1.86 bits per heavy atom. The molecule has 0 saturated heterocycles. The Kier molecular flexibility index (Phi) is 7.20. The molecule has 0 spiro atoms. The molecule has 0 bridgehead atoms. The summed E-state index contributed by atoms with van der Waals surface area (Å²) in [6.45, 7) is 7.75. The van der Waals surface area contributed by atoms with Crippen LogP contribution in [0.1, 0.15) is 39.2 Å². The normalized spacial score (nSPS) is 13.5. The van der Waals surface area contributed by atoms with Gasteiger partial charge in [0.15, 0.2) is 0 Å². The second-order valence-corrected chi connectivity index (χ2v) is 6.15. The van der Waals surface area contributed by atoms with E-state index < -0.39 is 0 Å². The van der Waals surface area contributed by atoms with Gasteiger partial charge in [-0.2, -0.15) is 0 Å². The van der Waals surface area contributed by atoms with E-state index in [-0.39, 0.29) is 12.0 Å². The molecule has 0 fully saturated rings. The molecule has 1 aromatic rings. The zero-order valence-corrected chi connectivity index (χ0v) is 14.2. The van der Waals surface area contributed by atoms with Gasteiger partial charge in [0.05, 0.1) is 7.11 Å². The molecule has 0 radical (unpaired) electrons. The Morgan fingerprint density at radius 3 is 2.38 bits per heavy atom. The van der Waals surface area contributed by atoms with Crippen molar-refractivity contribution in [2.45, 2.75) is 46.1 Å². The molecule has 0 amide bonds. The van der Waals surface area contributed by atoms with E-state index in [1.165, 1.54) is 5.56 Å². The average molecular weight is 293 g/mol. The van der Waals surface area contributed by atoms with Crippen molar-refractivity contribution in [3.63, 3.8) is 0 Å². The molecule has 0 saturated carbocycles. The van der Waals surface area contributed by atoms with Gasteiger partial charge in [-0.25, -0.2) is 0 Å². The van der Waals surface area contributed by atoms with Crippen LogP contribution in [0.5, 0.6) is 5.75 Å². The van der Waals surface area contributed by atoms with E-state index in [0.29, 0.717) is 6.04 Å². The van der Waals surface area contributed by atoms with Gasteiger partial charge in [-0.3, -0.25) is 0 Å². The van der Waals surface area contributed by atoms with Crippen LogP contribution in [0.3, 0.4) is 0 Å². The number of benzene rings is 1. The van der Waals surface area contributed by atoms with Crippen molar-refractivity contribution in [2.75, 3.05) is 27.3 Å². The highest BCUT2D eigenvalue weighted by atomic mass is 16.5. The highest BCUT2D eigenvalue weighted by Crippen LogP contribution is 2.28. The first-order chi connectivity index (χ1) is 10.0. The molecule has 3 nitrogen and oxygen atoms in total. The number of aliphatic hydroxyl groups is 1. The van der Waals surface area contributed by atoms with Crippen LogP contribution in [0, 0.1) is 5.41 Å². The van der Waals surface area contributed by atoms with Crippen molar-refractivity contribution in [2.24, 2.45) is 5.41 Å². The highest BCUT2D eigenvalue weighted by molar-refractivity contribution is 5.33. The van der Waals surface area contributed by atoms with Crippen LogP contribution < -0.4 is 4.74 Å². The number of hydrogen-bond acceptors (Lipinski definition) is 3. The fraction of sp³-hybridized carbons (Fsp3) is 0.667. The van der Waals surface area contributed by atoms with Crippen LogP contribution in [0.15, 0.2) is 24.3 Å². The summed E-state index contributed by atoms with van der Waals surface area (Å²) in [6, 6.07) is 8.60. The number of rotatable bonds is 9. The molecule has 1 unspecified atom stereocenters. The molecule has 1 atom stereocenters. The number of para-hydroxylation sites is 1. The van der Waals surface area contributed by atoms with Gasteiger partial charge in [0.2, 0.25) is 0 Å². The number of ether oxygens (including phenoxy) is 1. The van der Waals surface area contributed by atoms with Crippen molar-refractivity contribution in [1.82, 2.24) is 4.90 Å². The van der Waals surface area contributed by atoms with Crippen LogP contribution in [0.4, 0.5) is 0 Å². The zero-order chi connectivity index (χ0) is 15.9. The van der Waals surface area contributed by atoms with Crippen LogP contribution in [-0.4, -0.2) is 43.4 Å². The lowest BCUT2D eigenvalue weighted by Gasteiger charge is -2.37. The van der Waals surface area contributed by atoms with Gasteiger partial charge in [0.25, 0.3) is 0 Å². The van der Waals surface area contributed by atoms with Crippen molar-refractivity contribution in [1.29, 1.82) is 0 Å². The summed E-state index contributed by atoms with van der Waals surface area (Å²) in [4.78, 5) is 2.36. The first-order valence-electron chi connectivity index (χ1n) is 7.95. The lowest BCUT2D eigenvalue weighted by atomic mass is 9.82. The molecular formula is C18H31NO2. The molecular weight excluding hydrogens is 262 g/mol. The molecule has 0 heterocycles. The summed E-state index contributed by atoms with van der Waals surface area (Å²) in [5.41, 5.74) is 1.26. The maximum absolute atomic E-state index is 9.73. The van der Waals surface area contributed by atoms with E-state index >= 15 is 0 Å². The van der Waals surface area contributed by atoms with Gasteiger partial charge in [-0.15, -0.1) is 0 Å². The summed E-state index contributed by atoms with van der Waals surface area (Å²) < 4.78 is 5.43. The lowest BCUT2D eigenvalue weighted by molar-refractivity contribution is 0.0623. The topological polar surface area (TPSA) is 32.7 Å². The van der Waals surface area contributed by atoms with E-state index in [1.807, 2.05) is 12.1 Å². The molecule has 0 aliphatic heterocycles. The minimum absolute atomic E-state index is 0.0176. The van der Waals surface area contributed by atoms with E-state index in [0.717, 1.165) is 31.6 Å². The molecule has 120 valence electrons. The standard InChI is InChI=1S/C18H31NO2/c1-6-18(7-2,14-20)13-19(4)15(3)12-16-10-8-9-11-17(16)21-5/h8-11,15,20H,6-7,12-14H2,1-5H3. The molecule has 3 heteroatoms. The third kappa shape index (κ3) is 4.72. The quantitative estimate of drug-likeness (QED) is 0.758. The van der Waals surface area contributed by atoms with Crippen LogP contribution >= 0.6 is 0 Å². The molecule has 1 aromatic carbocycles. The number of hydrogen-bond donors (Lipinski definition) is 1. The van der Waals surface area contributed by atoms with E-state index in [9.17, 15) is 5.11 Å². The SMILES string of the molecule is CCC(CC)(CO)CN(C)C(C)Cc1ccccc1OC. The molecule has 1 N–H and O–H groups in total. The average Bonchev–Trinajstić information content (AvgIpc) is 2.53. The zero-order valence-electron chi connectivity index (χ0n) is 14.2. The predicted octanol–water partition coefficient (Wildman–Crippen LogP) is 3.36. The Labute approximate surface area is 129 Å². The van der Waals surface area contributed by atoms with Crippen molar-refractivity contribution in [3.05, 3.63) is 29.8 Å². The van der Waals surface area contributed by atoms with Gasteiger partial charge in [-0.1, -0.05) is 32.0 Å². The largest absolute Gasteiger partial charge is 0.496 e. The predicted molar refractivity (Wildman–Crippen MR) is 88.9 cm³/mol. The van der Waals surface area contributed by atoms with Gasteiger partial charge in [0.1, 0.15) is 5.75 Å². The van der Waals surface area contributed by atoms with Gasteiger partial charge in [-0.05, 0) is 44.9 Å². The first kappa shape index (κ1) is 18.0. The van der Waals surface area contributed by atoms with Crippen LogP contribution in [0.2, 0.25) is 0 Å². The highest BCUT2D eigenvalue weighted by Gasteiger charge is 2.28. The minimum Gasteiger partial charge on any atom is -0.496 e. The van der Waals surface area contributed by atoms with Crippen molar-refractivity contribution >= 4 is 0 Å². The van der Waals surface area contributed by atoms with E-state index in [2.05, 4.69) is 44.9 Å². The van der Waals surface area contributed by atoms with Gasteiger partial charge in [0, 0.05) is 24.6 Å². The molecule has 1 rings (SSSR count). The molecule has 21 heavy (non-hydrogen) atoms. The fourth-order valence-corrected chi connectivity index (χ4v) is 2.78. The fourth-order valence-electron chi connectivity index (χ4n) is 2.78. The summed E-state index contributed by atoms with van der Waals surface area (Å²) in [6.07, 6.45) is 2.97. The summed E-state index contributed by atoms with van der Waals surface area (Å²) >= 11 is 0. The number of methoxy groups -OCH3 is 1. The maximum atomic E-state index is 9.73. The van der Waals surface area contributed by atoms with Crippen molar-refractivity contribution < 1.29 is 9.84 Å². The minimum atomic E-state index is 0.0176. The summed E-state index contributed by atoms with van der Waals surface area (Å²) in [7, 11) is 3.87. The molecule has 0 aliphatic carbocycles. The summed E-state index contributed by atoms with van der Waals surface area (Å²) in [5.74, 6) is 0.956. The Balaban J connectivity index is 2.72. The lowest BCUT2D eigenvalue weighted by Crippen LogP contribution is -2.42. The Bertz CT molecular complexity index is 407. The maximum Gasteiger partial charge on any atom is 0.122 e. The van der Waals surface area contributed by atoms with Crippen LogP contribution in [-0.2, 0) is 6.42 Å². The first-order valence-corrected chi connectivity index (χ1v) is 7.95.